The Morgan fingerprint density at radius 1 is 1.26 bits per heavy atom. The van der Waals surface area contributed by atoms with Gasteiger partial charge in [-0.05, 0) is 18.2 Å². The van der Waals surface area contributed by atoms with Gasteiger partial charge in [-0.15, -0.1) is 0 Å². The maximum Gasteiger partial charge on any atom is 0.270 e. The number of aromatic nitrogens is 3. The van der Waals surface area contributed by atoms with Crippen molar-refractivity contribution in [2.75, 3.05) is 33.4 Å². The summed E-state index contributed by atoms with van der Waals surface area (Å²) >= 11 is 0. The molecule has 1 aliphatic heterocycles. The Kier molecular flexibility index (Phi) is 5.65. The zero-order valence-corrected chi connectivity index (χ0v) is 18.1. The van der Waals surface area contributed by atoms with Crippen molar-refractivity contribution in [1.82, 2.24) is 23.7 Å². The summed E-state index contributed by atoms with van der Waals surface area (Å²) in [5.41, 5.74) is 0.483. The van der Waals surface area contributed by atoms with Gasteiger partial charge in [0.1, 0.15) is 16.4 Å². The summed E-state index contributed by atoms with van der Waals surface area (Å²) in [6, 6.07) is 8.33. The summed E-state index contributed by atoms with van der Waals surface area (Å²) in [5.74, 6) is -0.0448. The van der Waals surface area contributed by atoms with Crippen LogP contribution in [-0.4, -0.2) is 71.4 Å². The van der Waals surface area contributed by atoms with E-state index in [9.17, 15) is 18.0 Å². The van der Waals surface area contributed by atoms with Gasteiger partial charge in [-0.25, -0.2) is 13.4 Å². The molecule has 0 saturated carbocycles. The van der Waals surface area contributed by atoms with E-state index in [2.05, 4.69) is 9.97 Å². The molecular weight excluding hydrogens is 422 g/mol. The fourth-order valence-electron chi connectivity index (χ4n) is 3.53. The minimum Gasteiger partial charge on any atom is -0.379 e. The van der Waals surface area contributed by atoms with Crippen LogP contribution < -0.4 is 5.56 Å². The molecule has 3 aromatic rings. The lowest BCUT2D eigenvalue weighted by molar-refractivity contribution is 0.0730. The van der Waals surface area contributed by atoms with Crippen LogP contribution in [0.2, 0.25) is 0 Å². The van der Waals surface area contributed by atoms with Gasteiger partial charge in [-0.2, -0.15) is 4.31 Å². The fourth-order valence-corrected chi connectivity index (χ4v) is 5.01. The van der Waals surface area contributed by atoms with Crippen LogP contribution in [-0.2, 0) is 28.4 Å². The Balaban J connectivity index is 1.56. The van der Waals surface area contributed by atoms with Gasteiger partial charge in [0.25, 0.3) is 11.5 Å². The van der Waals surface area contributed by atoms with Crippen molar-refractivity contribution in [2.45, 2.75) is 11.4 Å². The predicted octanol–water partition coefficient (Wildman–Crippen LogP) is 0.555. The average molecular weight is 446 g/mol. The summed E-state index contributed by atoms with van der Waals surface area (Å²) < 4.78 is 33.8. The number of sulfonamides is 1. The number of hydrogen-bond acceptors (Lipinski definition) is 6. The number of morpholine rings is 1. The van der Waals surface area contributed by atoms with Gasteiger partial charge >= 0.3 is 0 Å². The first-order valence-electron chi connectivity index (χ1n) is 9.75. The van der Waals surface area contributed by atoms with Crippen LogP contribution >= 0.6 is 0 Å². The van der Waals surface area contributed by atoms with Crippen molar-refractivity contribution in [3.63, 3.8) is 0 Å². The summed E-state index contributed by atoms with van der Waals surface area (Å²) in [4.78, 5) is 33.8. The molecule has 11 heteroatoms. The molecule has 0 spiro atoms. The molecule has 1 N–H and O–H groups in total. The topological polar surface area (TPSA) is 118 Å². The average Bonchev–Trinajstić information content (AvgIpc) is 3.16. The van der Waals surface area contributed by atoms with E-state index in [0.717, 1.165) is 0 Å². The highest BCUT2D eigenvalue weighted by atomic mass is 32.2. The highest BCUT2D eigenvalue weighted by molar-refractivity contribution is 7.89. The smallest absolute Gasteiger partial charge is 0.270 e. The Morgan fingerprint density at radius 3 is 2.71 bits per heavy atom. The first-order chi connectivity index (χ1) is 14.8. The molecule has 3 heterocycles. The third-order valence-corrected chi connectivity index (χ3v) is 7.07. The van der Waals surface area contributed by atoms with E-state index in [-0.39, 0.29) is 41.7 Å². The van der Waals surface area contributed by atoms with Gasteiger partial charge in [0.05, 0.1) is 30.7 Å². The van der Waals surface area contributed by atoms with Crippen LogP contribution in [0.3, 0.4) is 0 Å². The maximum absolute atomic E-state index is 13.0. The van der Waals surface area contributed by atoms with Crippen LogP contribution in [0.1, 0.15) is 16.3 Å². The molecule has 164 valence electrons. The normalized spacial score (nSPS) is 15.3. The molecular formula is C20H23N5O5S. The highest BCUT2D eigenvalue weighted by Crippen LogP contribution is 2.20. The number of hydrogen-bond donors (Lipinski definition) is 1. The molecule has 10 nitrogen and oxygen atoms in total. The minimum absolute atomic E-state index is 0.0610. The third kappa shape index (κ3) is 4.11. The molecule has 1 fully saturated rings. The Bertz CT molecular complexity index is 1290. The number of nitrogens with one attached hydrogen (secondary N) is 1. The molecule has 0 bridgehead atoms. The Morgan fingerprint density at radius 2 is 1.97 bits per heavy atom. The van der Waals surface area contributed by atoms with Crippen LogP contribution in [0, 0.1) is 0 Å². The van der Waals surface area contributed by atoms with Gasteiger partial charge in [0, 0.05) is 33.4 Å². The standard InChI is InChI=1S/C20H23N5O5S/c1-23-12-14(31(28,29)25-7-9-30-10-8-25)11-17(23)20(27)24(2)13-18-21-16-6-4-3-5-15(16)19(26)22-18/h3-6,11-12H,7-10,13H2,1-2H3,(H,21,22,26). The van der Waals surface area contributed by atoms with Crippen LogP contribution in [0.5, 0.6) is 0 Å². The van der Waals surface area contributed by atoms with E-state index in [1.807, 2.05) is 0 Å². The zero-order valence-electron chi connectivity index (χ0n) is 17.2. The number of rotatable bonds is 5. The van der Waals surface area contributed by atoms with Crippen molar-refractivity contribution in [1.29, 1.82) is 0 Å². The number of ether oxygens (including phenoxy) is 1. The quantitative estimate of drug-likeness (QED) is 0.613. The molecule has 1 saturated heterocycles. The summed E-state index contributed by atoms with van der Waals surface area (Å²) in [6.07, 6.45) is 1.43. The Hall–Kier alpha value is -3.02. The number of carbonyl (C=O) groups excluding carboxylic acids is 1. The summed E-state index contributed by atoms with van der Waals surface area (Å²) in [7, 11) is -0.519. The number of fused-ring (bicyclic) bond motifs is 1. The lowest BCUT2D eigenvalue weighted by Crippen LogP contribution is -2.40. The van der Waals surface area contributed by atoms with E-state index < -0.39 is 10.0 Å². The monoisotopic (exact) mass is 445 g/mol. The molecule has 4 rings (SSSR count). The summed E-state index contributed by atoms with van der Waals surface area (Å²) in [5, 5.41) is 0.473. The second-order valence-corrected chi connectivity index (χ2v) is 9.32. The van der Waals surface area contributed by atoms with E-state index in [1.165, 1.54) is 26.0 Å². The number of aryl methyl sites for hydroxylation is 1. The SMILES string of the molecule is CN(Cc1nc2ccccc2c(=O)[nH]1)C(=O)c1cc(S(=O)(=O)N2CCOCC2)cn1C. The molecule has 0 atom stereocenters. The lowest BCUT2D eigenvalue weighted by atomic mass is 10.2. The van der Waals surface area contributed by atoms with Crippen LogP contribution in [0.4, 0.5) is 0 Å². The molecule has 1 aliphatic rings. The van der Waals surface area contributed by atoms with Gasteiger partial charge in [-0.3, -0.25) is 9.59 Å². The first kappa shape index (κ1) is 21.2. The highest BCUT2D eigenvalue weighted by Gasteiger charge is 2.29. The number of aromatic amines is 1. The van der Waals surface area contributed by atoms with E-state index in [1.54, 1.807) is 38.4 Å². The molecule has 0 aliphatic carbocycles. The fraction of sp³-hybridized carbons (Fsp3) is 0.350. The van der Waals surface area contributed by atoms with Gasteiger partial charge in [0.15, 0.2) is 0 Å². The molecule has 0 unspecified atom stereocenters. The van der Waals surface area contributed by atoms with Crippen molar-refractivity contribution in [2.24, 2.45) is 7.05 Å². The van der Waals surface area contributed by atoms with Crippen molar-refractivity contribution < 1.29 is 17.9 Å². The van der Waals surface area contributed by atoms with Crippen molar-refractivity contribution in [3.05, 3.63) is 58.4 Å². The number of carbonyl (C=O) groups is 1. The molecule has 0 radical (unpaired) electrons. The van der Waals surface area contributed by atoms with Crippen LogP contribution in [0.25, 0.3) is 10.9 Å². The number of nitrogens with zero attached hydrogens (tertiary/aromatic N) is 4. The zero-order chi connectivity index (χ0) is 22.2. The van der Waals surface area contributed by atoms with E-state index >= 15 is 0 Å². The number of para-hydroxylation sites is 1. The first-order valence-corrected chi connectivity index (χ1v) is 11.2. The van der Waals surface area contributed by atoms with Gasteiger partial charge in [0.2, 0.25) is 10.0 Å². The number of H-pyrrole nitrogens is 1. The predicted molar refractivity (Wildman–Crippen MR) is 113 cm³/mol. The largest absolute Gasteiger partial charge is 0.379 e. The number of amides is 1. The van der Waals surface area contributed by atoms with E-state index in [0.29, 0.717) is 29.9 Å². The van der Waals surface area contributed by atoms with Gasteiger partial charge < -0.3 is 19.2 Å². The van der Waals surface area contributed by atoms with Crippen LogP contribution in [0.15, 0.2) is 46.2 Å². The van der Waals surface area contributed by atoms with E-state index in [4.69, 9.17) is 4.74 Å². The second kappa shape index (κ2) is 8.25. The van der Waals surface area contributed by atoms with Crippen molar-refractivity contribution in [3.8, 4) is 0 Å². The van der Waals surface area contributed by atoms with Crippen molar-refractivity contribution >= 4 is 26.8 Å². The maximum atomic E-state index is 13.0. The minimum atomic E-state index is -3.71. The third-order valence-electron chi connectivity index (χ3n) is 5.20. The lowest BCUT2D eigenvalue weighted by Gasteiger charge is -2.25. The molecule has 1 amide bonds. The molecule has 31 heavy (non-hydrogen) atoms. The number of benzene rings is 1. The molecule has 1 aromatic carbocycles. The second-order valence-electron chi connectivity index (χ2n) is 7.38. The molecule has 2 aromatic heterocycles. The van der Waals surface area contributed by atoms with Gasteiger partial charge in [-0.1, -0.05) is 12.1 Å². The summed E-state index contributed by atoms with van der Waals surface area (Å²) in [6.45, 7) is 1.31. The Labute approximate surface area is 179 Å².